The molecule has 3 atom stereocenters. The van der Waals surface area contributed by atoms with Gasteiger partial charge in [0.05, 0.1) is 0 Å². The summed E-state index contributed by atoms with van der Waals surface area (Å²) in [5.41, 5.74) is 0.820. The van der Waals surface area contributed by atoms with E-state index in [-0.39, 0.29) is 17.7 Å². The van der Waals surface area contributed by atoms with Crippen LogP contribution in [0, 0.1) is 19.8 Å². The Morgan fingerprint density at radius 1 is 0.917 bits per heavy atom. The van der Waals surface area contributed by atoms with Crippen molar-refractivity contribution in [3.05, 3.63) is 34.9 Å². The molecule has 7 nitrogen and oxygen atoms in total. The third-order valence-electron chi connectivity index (χ3n) is 5.68. The van der Waals surface area contributed by atoms with E-state index in [2.05, 4.69) is 10.6 Å². The first-order valence-electron chi connectivity index (χ1n) is 12.9. The zero-order valence-corrected chi connectivity index (χ0v) is 24.8. The Bertz CT molecular complexity index is 915. The molecule has 3 unspecified atom stereocenters. The summed E-state index contributed by atoms with van der Waals surface area (Å²) in [4.78, 5) is 42.5. The van der Waals surface area contributed by atoms with Crippen LogP contribution in [0.15, 0.2) is 18.2 Å². The highest BCUT2D eigenvalue weighted by atomic mass is 16.6. The number of ether oxygens (including phenoxy) is 1. The molecule has 2 N–H and O–H groups in total. The maximum absolute atomic E-state index is 14.3. The molecule has 0 saturated carbocycles. The van der Waals surface area contributed by atoms with Gasteiger partial charge in [-0.2, -0.15) is 0 Å². The van der Waals surface area contributed by atoms with Crippen molar-refractivity contribution in [3.63, 3.8) is 0 Å². The van der Waals surface area contributed by atoms with Gasteiger partial charge < -0.3 is 20.3 Å². The molecule has 0 heterocycles. The third kappa shape index (κ3) is 9.47. The quantitative estimate of drug-likeness (QED) is 0.490. The number of amides is 3. The van der Waals surface area contributed by atoms with Crippen LogP contribution < -0.4 is 10.6 Å². The maximum atomic E-state index is 14.3. The van der Waals surface area contributed by atoms with Crippen LogP contribution in [0.25, 0.3) is 0 Å². The summed E-state index contributed by atoms with van der Waals surface area (Å²) in [6.07, 6.45) is 0.00386. The molecular formula is C29H49N3O4. The minimum absolute atomic E-state index is 0.180. The predicted octanol–water partition coefficient (Wildman–Crippen LogP) is 5.83. The van der Waals surface area contributed by atoms with Gasteiger partial charge in [-0.05, 0) is 87.6 Å². The van der Waals surface area contributed by atoms with Crippen LogP contribution >= 0.6 is 0 Å². The van der Waals surface area contributed by atoms with Gasteiger partial charge in [0.2, 0.25) is 11.8 Å². The average Bonchev–Trinajstić information content (AvgIpc) is 2.64. The fourth-order valence-electron chi connectivity index (χ4n) is 4.14. The Balaban J connectivity index is 3.71. The van der Waals surface area contributed by atoms with Crippen molar-refractivity contribution in [1.82, 2.24) is 15.5 Å². The highest BCUT2D eigenvalue weighted by Gasteiger charge is 2.43. The molecular weight excluding hydrogens is 454 g/mol. The zero-order chi connectivity index (χ0) is 28.2. The lowest BCUT2D eigenvalue weighted by Crippen LogP contribution is -2.61. The molecule has 1 aromatic rings. The third-order valence-corrected chi connectivity index (χ3v) is 5.68. The number of nitrogens with zero attached hydrogens (tertiary/aromatic N) is 1. The highest BCUT2D eigenvalue weighted by Crippen LogP contribution is 2.32. The summed E-state index contributed by atoms with van der Waals surface area (Å²) in [6, 6.07) is 4.19. The molecule has 0 aliphatic heterocycles. The lowest BCUT2D eigenvalue weighted by atomic mass is 9.90. The zero-order valence-electron chi connectivity index (χ0n) is 24.8. The van der Waals surface area contributed by atoms with Gasteiger partial charge in [-0.1, -0.05) is 49.6 Å². The predicted molar refractivity (Wildman–Crippen MR) is 146 cm³/mol. The molecule has 0 aliphatic carbocycles. The molecule has 0 spiro atoms. The number of hydrogen-bond donors (Lipinski definition) is 2. The molecule has 36 heavy (non-hydrogen) atoms. The fourth-order valence-corrected chi connectivity index (χ4v) is 4.14. The molecule has 0 aromatic heterocycles. The van der Waals surface area contributed by atoms with Crippen molar-refractivity contribution >= 4 is 17.9 Å². The number of benzene rings is 1. The Hall–Kier alpha value is -2.57. The number of carbonyl (C=O) groups excluding carboxylic acids is 3. The minimum Gasteiger partial charge on any atom is -0.444 e. The number of nitrogens with one attached hydrogen (secondary N) is 2. The van der Waals surface area contributed by atoms with Crippen LogP contribution in [0.2, 0.25) is 0 Å². The summed E-state index contributed by atoms with van der Waals surface area (Å²) in [5.74, 6) is -0.771. The number of hydrogen-bond acceptors (Lipinski definition) is 4. The van der Waals surface area contributed by atoms with Crippen molar-refractivity contribution in [2.45, 2.75) is 125 Å². The molecule has 0 aliphatic rings. The van der Waals surface area contributed by atoms with Crippen molar-refractivity contribution in [3.8, 4) is 0 Å². The highest BCUT2D eigenvalue weighted by molar-refractivity contribution is 5.93. The van der Waals surface area contributed by atoms with Gasteiger partial charge in [0, 0.05) is 11.1 Å². The lowest BCUT2D eigenvalue weighted by molar-refractivity contribution is -0.150. The van der Waals surface area contributed by atoms with Crippen molar-refractivity contribution in [2.24, 2.45) is 5.92 Å². The molecule has 1 aromatic carbocycles. The van der Waals surface area contributed by atoms with Crippen LogP contribution in [-0.2, 0) is 14.3 Å². The minimum atomic E-state index is -0.887. The van der Waals surface area contributed by atoms with E-state index in [4.69, 9.17) is 4.74 Å². The van der Waals surface area contributed by atoms with Gasteiger partial charge in [-0.3, -0.25) is 9.59 Å². The van der Waals surface area contributed by atoms with Crippen LogP contribution in [-0.4, -0.2) is 45.5 Å². The van der Waals surface area contributed by atoms with Crippen LogP contribution in [0.3, 0.4) is 0 Å². The first-order valence-corrected chi connectivity index (χ1v) is 12.9. The summed E-state index contributed by atoms with van der Waals surface area (Å²) >= 11 is 0. The Labute approximate surface area is 218 Å². The number of rotatable bonds is 7. The molecule has 0 saturated heterocycles. The van der Waals surface area contributed by atoms with Crippen LogP contribution in [0.4, 0.5) is 4.79 Å². The van der Waals surface area contributed by atoms with E-state index in [1.165, 1.54) is 0 Å². The Morgan fingerprint density at radius 3 is 1.81 bits per heavy atom. The lowest BCUT2D eigenvalue weighted by Gasteiger charge is -2.44. The van der Waals surface area contributed by atoms with Gasteiger partial charge in [0.25, 0.3) is 0 Å². The summed E-state index contributed by atoms with van der Waals surface area (Å²) < 4.78 is 5.47. The Kier molecular flexibility index (Phi) is 10.2. The summed E-state index contributed by atoms with van der Waals surface area (Å²) in [5, 5.41) is 5.88. The maximum Gasteiger partial charge on any atom is 0.408 e. The number of aryl methyl sites for hydroxylation is 2. The molecule has 7 heteroatoms. The second-order valence-electron chi connectivity index (χ2n) is 13.0. The van der Waals surface area contributed by atoms with E-state index in [0.717, 1.165) is 16.7 Å². The van der Waals surface area contributed by atoms with Gasteiger partial charge in [-0.15, -0.1) is 0 Å². The topological polar surface area (TPSA) is 87.7 Å². The normalized spacial score (nSPS) is 14.9. The van der Waals surface area contributed by atoms with E-state index in [0.29, 0.717) is 6.42 Å². The molecule has 0 bridgehead atoms. The van der Waals surface area contributed by atoms with E-state index in [9.17, 15) is 14.4 Å². The van der Waals surface area contributed by atoms with Crippen molar-refractivity contribution < 1.29 is 19.1 Å². The first-order chi connectivity index (χ1) is 16.2. The average molecular weight is 504 g/mol. The number of alkyl carbamates (subject to hydrolysis) is 1. The molecule has 204 valence electrons. The van der Waals surface area contributed by atoms with E-state index >= 15 is 0 Å². The van der Waals surface area contributed by atoms with E-state index < -0.39 is 34.9 Å². The van der Waals surface area contributed by atoms with Crippen molar-refractivity contribution in [2.75, 3.05) is 0 Å². The standard InChI is InChI=1S/C29H49N3O4/c1-14-20(4)22(30-26(35)36-29(11,12)13)25(34)32(28(8,9)10)23(24(33)31-27(5,6)7)21-16-18(2)15-19(3)17-21/h15-17,20,22-23H,14H2,1-13H3,(H,30,35)(H,31,33). The van der Waals surface area contributed by atoms with Crippen molar-refractivity contribution in [1.29, 1.82) is 0 Å². The largest absolute Gasteiger partial charge is 0.444 e. The van der Waals surface area contributed by atoms with Gasteiger partial charge >= 0.3 is 6.09 Å². The molecule has 3 amide bonds. The van der Waals surface area contributed by atoms with Crippen LogP contribution in [0.1, 0.15) is 105 Å². The van der Waals surface area contributed by atoms with E-state index in [1.807, 2.05) is 87.4 Å². The second kappa shape index (κ2) is 11.7. The van der Waals surface area contributed by atoms with Crippen LogP contribution in [0.5, 0.6) is 0 Å². The number of carbonyl (C=O) groups is 3. The smallest absolute Gasteiger partial charge is 0.408 e. The monoisotopic (exact) mass is 503 g/mol. The SMILES string of the molecule is CCC(C)C(NC(=O)OC(C)(C)C)C(=O)N(C(C(=O)NC(C)(C)C)c1cc(C)cc(C)c1)C(C)(C)C. The molecule has 0 fully saturated rings. The summed E-state index contributed by atoms with van der Waals surface area (Å²) in [7, 11) is 0. The van der Waals surface area contributed by atoms with Gasteiger partial charge in [-0.25, -0.2) is 4.79 Å². The van der Waals surface area contributed by atoms with Gasteiger partial charge in [0.15, 0.2) is 0 Å². The molecule has 0 radical (unpaired) electrons. The summed E-state index contributed by atoms with van der Waals surface area (Å²) in [6.45, 7) is 24.7. The van der Waals surface area contributed by atoms with Gasteiger partial charge in [0.1, 0.15) is 17.7 Å². The second-order valence-corrected chi connectivity index (χ2v) is 13.0. The van der Waals surface area contributed by atoms with E-state index in [1.54, 1.807) is 25.7 Å². The first kappa shape index (κ1) is 31.5. The Morgan fingerprint density at radius 2 is 1.42 bits per heavy atom. The fraction of sp³-hybridized carbons (Fsp3) is 0.690. The molecule has 1 rings (SSSR count).